The van der Waals surface area contributed by atoms with Crippen LogP contribution in [-0.4, -0.2) is 30.4 Å². The highest BCUT2D eigenvalue weighted by atomic mass is 19.1. The maximum absolute atomic E-state index is 13.2. The van der Waals surface area contributed by atoms with Crippen molar-refractivity contribution in [2.45, 2.75) is 31.7 Å². The molecule has 1 atom stereocenters. The minimum Gasteiger partial charge on any atom is -0.354 e. The second-order valence-corrected chi connectivity index (χ2v) is 6.74. The number of rotatable bonds is 7. The van der Waals surface area contributed by atoms with Crippen LogP contribution in [0.1, 0.15) is 36.4 Å². The molecule has 5 heteroatoms. The third kappa shape index (κ3) is 5.11. The van der Waals surface area contributed by atoms with E-state index in [0.29, 0.717) is 19.4 Å². The van der Waals surface area contributed by atoms with Crippen molar-refractivity contribution in [2.24, 2.45) is 0 Å². The van der Waals surface area contributed by atoms with Crippen molar-refractivity contribution in [1.82, 2.24) is 10.2 Å². The van der Waals surface area contributed by atoms with Crippen LogP contribution in [0.3, 0.4) is 0 Å². The standard InChI is InChI=1S/C21H24F2N2O/c22-18-9-7-17(8-10-18)20(25-12-1-2-13-25)15-24-21(26)11-6-16-4-3-5-19(23)14-16/h3-5,7-10,14,20H,1-2,6,11-13,15H2,(H,24,26)/t20-/m1/s1. The van der Waals surface area contributed by atoms with Gasteiger partial charge in [0.15, 0.2) is 0 Å². The Morgan fingerprint density at radius 1 is 1.04 bits per heavy atom. The highest BCUT2D eigenvalue weighted by Crippen LogP contribution is 2.24. The molecule has 1 amide bonds. The van der Waals surface area contributed by atoms with Crippen LogP contribution in [-0.2, 0) is 11.2 Å². The van der Waals surface area contributed by atoms with E-state index >= 15 is 0 Å². The number of benzene rings is 2. The Labute approximate surface area is 153 Å². The highest BCUT2D eigenvalue weighted by Gasteiger charge is 2.23. The molecule has 0 unspecified atom stereocenters. The molecule has 2 aromatic rings. The van der Waals surface area contributed by atoms with Crippen LogP contribution in [0.5, 0.6) is 0 Å². The molecule has 26 heavy (non-hydrogen) atoms. The predicted octanol–water partition coefficient (Wildman–Crippen LogP) is 3.85. The molecule has 0 radical (unpaired) electrons. The van der Waals surface area contributed by atoms with Crippen molar-refractivity contribution in [3.63, 3.8) is 0 Å². The lowest BCUT2D eigenvalue weighted by atomic mass is 10.0. The third-order valence-corrected chi connectivity index (χ3v) is 4.86. The fourth-order valence-electron chi connectivity index (χ4n) is 3.45. The molecular formula is C21H24F2N2O. The van der Waals surface area contributed by atoms with Gasteiger partial charge < -0.3 is 5.32 Å². The summed E-state index contributed by atoms with van der Waals surface area (Å²) in [6, 6.07) is 12.9. The van der Waals surface area contributed by atoms with Gasteiger partial charge in [-0.3, -0.25) is 9.69 Å². The number of nitrogens with one attached hydrogen (secondary N) is 1. The first-order valence-electron chi connectivity index (χ1n) is 9.12. The summed E-state index contributed by atoms with van der Waals surface area (Å²) in [5.41, 5.74) is 1.83. The number of likely N-dealkylation sites (tertiary alicyclic amines) is 1. The maximum Gasteiger partial charge on any atom is 0.220 e. The molecule has 0 aliphatic carbocycles. The summed E-state index contributed by atoms with van der Waals surface area (Å²) < 4.78 is 26.4. The van der Waals surface area contributed by atoms with Crippen molar-refractivity contribution in [1.29, 1.82) is 0 Å². The fourth-order valence-corrected chi connectivity index (χ4v) is 3.45. The predicted molar refractivity (Wildman–Crippen MR) is 97.7 cm³/mol. The smallest absolute Gasteiger partial charge is 0.220 e. The number of hydrogen-bond acceptors (Lipinski definition) is 2. The van der Waals surface area contributed by atoms with E-state index < -0.39 is 0 Å². The molecule has 0 bridgehead atoms. The SMILES string of the molecule is O=C(CCc1cccc(F)c1)NC[C@H](c1ccc(F)cc1)N1CCCC1. The van der Waals surface area contributed by atoms with Gasteiger partial charge in [-0.2, -0.15) is 0 Å². The summed E-state index contributed by atoms with van der Waals surface area (Å²) in [6.07, 6.45) is 3.12. The van der Waals surface area contributed by atoms with Crippen LogP contribution < -0.4 is 5.32 Å². The molecule has 1 aliphatic rings. The van der Waals surface area contributed by atoms with Gasteiger partial charge in [0.05, 0.1) is 6.04 Å². The van der Waals surface area contributed by atoms with Crippen molar-refractivity contribution in [3.8, 4) is 0 Å². The molecule has 138 valence electrons. The van der Waals surface area contributed by atoms with Gasteiger partial charge in [0, 0.05) is 13.0 Å². The topological polar surface area (TPSA) is 32.3 Å². The number of carbonyl (C=O) groups excluding carboxylic acids is 1. The van der Waals surface area contributed by atoms with E-state index in [-0.39, 0.29) is 23.6 Å². The minimum absolute atomic E-state index is 0.0521. The minimum atomic E-state index is -0.284. The van der Waals surface area contributed by atoms with E-state index in [1.807, 2.05) is 6.07 Å². The summed E-state index contributed by atoms with van der Waals surface area (Å²) in [4.78, 5) is 14.6. The highest BCUT2D eigenvalue weighted by molar-refractivity contribution is 5.76. The molecule has 0 saturated carbocycles. The summed E-state index contributed by atoms with van der Waals surface area (Å²) >= 11 is 0. The molecule has 3 nitrogen and oxygen atoms in total. The Hall–Kier alpha value is -2.27. The number of nitrogens with zero attached hydrogens (tertiary/aromatic N) is 1. The lowest BCUT2D eigenvalue weighted by Crippen LogP contribution is -2.36. The Morgan fingerprint density at radius 3 is 2.46 bits per heavy atom. The monoisotopic (exact) mass is 358 g/mol. The van der Waals surface area contributed by atoms with Crippen LogP contribution in [0, 0.1) is 11.6 Å². The Kier molecular flexibility index (Phi) is 6.34. The Bertz CT molecular complexity index is 727. The molecule has 0 spiro atoms. The normalized spacial score (nSPS) is 15.8. The molecule has 0 aromatic heterocycles. The van der Waals surface area contributed by atoms with Crippen molar-refractivity contribution in [2.75, 3.05) is 19.6 Å². The Balaban J connectivity index is 1.56. The van der Waals surface area contributed by atoms with Gasteiger partial charge in [-0.25, -0.2) is 8.78 Å². The first-order chi connectivity index (χ1) is 12.6. The van der Waals surface area contributed by atoms with Gasteiger partial charge in [0.1, 0.15) is 11.6 Å². The molecule has 1 aliphatic heterocycles. The third-order valence-electron chi connectivity index (χ3n) is 4.86. The lowest BCUT2D eigenvalue weighted by Gasteiger charge is -2.28. The van der Waals surface area contributed by atoms with E-state index in [0.717, 1.165) is 37.1 Å². The molecule has 1 heterocycles. The van der Waals surface area contributed by atoms with Gasteiger partial charge in [-0.1, -0.05) is 24.3 Å². The second-order valence-electron chi connectivity index (χ2n) is 6.74. The first kappa shape index (κ1) is 18.5. The molecule has 3 rings (SSSR count). The van der Waals surface area contributed by atoms with Crippen LogP contribution in [0.4, 0.5) is 8.78 Å². The van der Waals surface area contributed by atoms with E-state index in [2.05, 4.69) is 10.2 Å². The van der Waals surface area contributed by atoms with Crippen LogP contribution >= 0.6 is 0 Å². The van der Waals surface area contributed by atoms with E-state index in [1.165, 1.54) is 24.3 Å². The van der Waals surface area contributed by atoms with Crippen molar-refractivity contribution >= 4 is 5.91 Å². The molecular weight excluding hydrogens is 334 g/mol. The Morgan fingerprint density at radius 2 is 1.77 bits per heavy atom. The van der Waals surface area contributed by atoms with Crippen LogP contribution in [0.15, 0.2) is 48.5 Å². The van der Waals surface area contributed by atoms with Gasteiger partial charge in [-0.05, 0) is 67.7 Å². The van der Waals surface area contributed by atoms with Crippen molar-refractivity contribution in [3.05, 3.63) is 71.3 Å². The first-order valence-corrected chi connectivity index (χ1v) is 9.12. The van der Waals surface area contributed by atoms with E-state index in [1.54, 1.807) is 18.2 Å². The number of hydrogen-bond donors (Lipinski definition) is 1. The van der Waals surface area contributed by atoms with Gasteiger partial charge >= 0.3 is 0 Å². The zero-order chi connectivity index (χ0) is 18.4. The molecule has 2 aromatic carbocycles. The largest absolute Gasteiger partial charge is 0.354 e. The van der Waals surface area contributed by atoms with Gasteiger partial charge in [0.2, 0.25) is 5.91 Å². The second kappa shape index (κ2) is 8.90. The average Bonchev–Trinajstić information content (AvgIpc) is 3.16. The zero-order valence-electron chi connectivity index (χ0n) is 14.8. The zero-order valence-corrected chi connectivity index (χ0v) is 14.8. The van der Waals surface area contributed by atoms with E-state index in [9.17, 15) is 13.6 Å². The van der Waals surface area contributed by atoms with Crippen LogP contribution in [0.25, 0.3) is 0 Å². The summed E-state index contributed by atoms with van der Waals surface area (Å²) in [7, 11) is 0. The van der Waals surface area contributed by atoms with E-state index in [4.69, 9.17) is 0 Å². The number of halogens is 2. The fraction of sp³-hybridized carbons (Fsp3) is 0.381. The number of carbonyl (C=O) groups is 1. The molecule has 1 N–H and O–H groups in total. The maximum atomic E-state index is 13.2. The van der Waals surface area contributed by atoms with Gasteiger partial charge in [0.25, 0.3) is 0 Å². The summed E-state index contributed by atoms with van der Waals surface area (Å²) in [6.45, 7) is 2.47. The number of aryl methyl sites for hydroxylation is 1. The molecule has 1 fully saturated rings. The lowest BCUT2D eigenvalue weighted by molar-refractivity contribution is -0.121. The summed E-state index contributed by atoms with van der Waals surface area (Å²) in [5, 5.41) is 2.99. The van der Waals surface area contributed by atoms with Gasteiger partial charge in [-0.15, -0.1) is 0 Å². The molecule has 1 saturated heterocycles. The summed E-state index contributed by atoms with van der Waals surface area (Å²) in [5.74, 6) is -0.595. The quantitative estimate of drug-likeness (QED) is 0.815. The average molecular weight is 358 g/mol. The van der Waals surface area contributed by atoms with Crippen LogP contribution in [0.2, 0.25) is 0 Å². The van der Waals surface area contributed by atoms with Crippen molar-refractivity contribution < 1.29 is 13.6 Å². The number of amides is 1.